The van der Waals surface area contributed by atoms with Crippen LogP contribution in [-0.4, -0.2) is 20.5 Å². The number of carbonyl (C=O) groups excluding carboxylic acids is 1. The lowest BCUT2D eigenvalue weighted by Gasteiger charge is -2.10. The van der Waals surface area contributed by atoms with E-state index in [1.165, 1.54) is 0 Å². The van der Waals surface area contributed by atoms with E-state index >= 15 is 0 Å². The molecule has 0 aliphatic rings. The summed E-state index contributed by atoms with van der Waals surface area (Å²) in [7, 11) is 1.81. The number of carbonyl (C=O) groups is 1. The predicted molar refractivity (Wildman–Crippen MR) is 110 cm³/mol. The molecule has 0 bridgehead atoms. The second kappa shape index (κ2) is 7.84. The molecular weight excluding hydrogens is 380 g/mol. The lowest BCUT2D eigenvalue weighted by atomic mass is 9.98. The van der Waals surface area contributed by atoms with Crippen LogP contribution in [0.1, 0.15) is 39.1 Å². The molecule has 7 nitrogen and oxygen atoms in total. The third-order valence-corrected chi connectivity index (χ3v) is 5.17. The molecule has 0 saturated carbocycles. The lowest BCUT2D eigenvalue weighted by Crippen LogP contribution is -2.15. The number of fused-ring (bicyclic) bond motifs is 1. The molecule has 0 aliphatic carbocycles. The van der Waals surface area contributed by atoms with Gasteiger partial charge in [0, 0.05) is 12.6 Å². The number of ether oxygens (including phenoxy) is 1. The monoisotopic (exact) mass is 400 g/mol. The first-order valence-electron chi connectivity index (χ1n) is 9.49. The molecule has 2 heterocycles. The third kappa shape index (κ3) is 3.44. The highest BCUT2D eigenvalue weighted by atomic mass is 16.5. The fraction of sp³-hybridized carbons (Fsp3) is 0.217. The highest BCUT2D eigenvalue weighted by Gasteiger charge is 2.27. The van der Waals surface area contributed by atoms with Crippen molar-refractivity contribution < 1.29 is 14.1 Å². The Kier molecular flexibility index (Phi) is 5.07. The highest BCUT2D eigenvalue weighted by Crippen LogP contribution is 2.25. The Bertz CT molecular complexity index is 1240. The molecule has 2 aromatic carbocycles. The van der Waals surface area contributed by atoms with Crippen LogP contribution in [0.25, 0.3) is 11.0 Å². The number of imidazole rings is 1. The van der Waals surface area contributed by atoms with Crippen molar-refractivity contribution in [2.24, 2.45) is 7.05 Å². The van der Waals surface area contributed by atoms with Gasteiger partial charge in [-0.3, -0.25) is 4.79 Å². The van der Waals surface area contributed by atoms with E-state index in [4.69, 9.17) is 9.26 Å². The number of hydrogen-bond donors (Lipinski definition) is 0. The Morgan fingerprint density at radius 1 is 1.20 bits per heavy atom. The molecule has 30 heavy (non-hydrogen) atoms. The van der Waals surface area contributed by atoms with Crippen LogP contribution in [-0.2, 0) is 13.7 Å². The third-order valence-electron chi connectivity index (χ3n) is 5.17. The van der Waals surface area contributed by atoms with Crippen molar-refractivity contribution in [3.05, 3.63) is 76.9 Å². The molecule has 1 unspecified atom stereocenters. The van der Waals surface area contributed by atoms with Crippen molar-refractivity contribution in [2.45, 2.75) is 26.4 Å². The zero-order valence-corrected chi connectivity index (χ0v) is 16.9. The predicted octanol–water partition coefficient (Wildman–Crippen LogP) is 4.25. The van der Waals surface area contributed by atoms with Gasteiger partial charge in [0.2, 0.25) is 0 Å². The Hall–Kier alpha value is -3.92. The quantitative estimate of drug-likeness (QED) is 0.449. The molecule has 7 heteroatoms. The standard InChI is InChI=1S/C23H20N4O3/c1-14-19(15(2)30-26-14)13-29-17-10-8-16(9-11-17)22(28)18(12-24)23-25-20-6-4-5-7-21(20)27(23)3/h4-11,18H,13H2,1-3H3. The van der Waals surface area contributed by atoms with Crippen LogP contribution in [0, 0.1) is 25.2 Å². The minimum Gasteiger partial charge on any atom is -0.489 e. The van der Waals surface area contributed by atoms with Gasteiger partial charge in [0.1, 0.15) is 23.9 Å². The SMILES string of the molecule is Cc1noc(C)c1COc1ccc(C(=O)C(C#N)c2nc3ccccc3n2C)cc1. The van der Waals surface area contributed by atoms with E-state index in [1.807, 2.05) is 45.2 Å². The zero-order chi connectivity index (χ0) is 21.3. The largest absolute Gasteiger partial charge is 0.489 e. The minimum absolute atomic E-state index is 0.298. The summed E-state index contributed by atoms with van der Waals surface area (Å²) in [5.41, 5.74) is 3.76. The first-order valence-corrected chi connectivity index (χ1v) is 9.49. The van der Waals surface area contributed by atoms with E-state index in [1.54, 1.807) is 28.8 Å². The van der Waals surface area contributed by atoms with Crippen molar-refractivity contribution in [3.8, 4) is 11.8 Å². The summed E-state index contributed by atoms with van der Waals surface area (Å²) in [6.45, 7) is 4.03. The number of nitriles is 1. The fourth-order valence-electron chi connectivity index (χ4n) is 3.40. The molecule has 4 aromatic rings. The molecule has 2 aromatic heterocycles. The van der Waals surface area contributed by atoms with Gasteiger partial charge in [-0.1, -0.05) is 17.3 Å². The number of nitrogens with zero attached hydrogens (tertiary/aromatic N) is 4. The van der Waals surface area contributed by atoms with Crippen LogP contribution in [0.3, 0.4) is 0 Å². The molecule has 150 valence electrons. The van der Waals surface area contributed by atoms with E-state index in [0.717, 1.165) is 28.1 Å². The topological polar surface area (TPSA) is 93.9 Å². The average molecular weight is 400 g/mol. The maximum Gasteiger partial charge on any atom is 0.187 e. The molecule has 4 rings (SSSR count). The van der Waals surface area contributed by atoms with Gasteiger partial charge in [-0.15, -0.1) is 0 Å². The van der Waals surface area contributed by atoms with Crippen molar-refractivity contribution in [1.82, 2.24) is 14.7 Å². The molecule has 0 spiro atoms. The first-order chi connectivity index (χ1) is 14.5. The van der Waals surface area contributed by atoms with Crippen molar-refractivity contribution in [3.63, 3.8) is 0 Å². The van der Waals surface area contributed by atoms with Gasteiger partial charge in [0.05, 0.1) is 28.4 Å². The van der Waals surface area contributed by atoms with Gasteiger partial charge in [-0.25, -0.2) is 4.98 Å². The number of para-hydroxylation sites is 2. The summed E-state index contributed by atoms with van der Waals surface area (Å²) in [5.74, 6) is 0.480. The molecule has 0 N–H and O–H groups in total. The number of benzene rings is 2. The summed E-state index contributed by atoms with van der Waals surface area (Å²) in [6, 6.07) is 16.4. The number of aromatic nitrogens is 3. The number of aryl methyl sites for hydroxylation is 3. The summed E-state index contributed by atoms with van der Waals surface area (Å²) in [6.07, 6.45) is 0. The van der Waals surface area contributed by atoms with Gasteiger partial charge in [-0.2, -0.15) is 5.26 Å². The fourth-order valence-corrected chi connectivity index (χ4v) is 3.40. The number of rotatable bonds is 6. The van der Waals surface area contributed by atoms with E-state index in [-0.39, 0.29) is 5.78 Å². The van der Waals surface area contributed by atoms with Gasteiger partial charge in [0.15, 0.2) is 11.7 Å². The molecule has 1 atom stereocenters. The Morgan fingerprint density at radius 3 is 2.57 bits per heavy atom. The minimum atomic E-state index is -0.989. The second-order valence-corrected chi connectivity index (χ2v) is 7.06. The summed E-state index contributed by atoms with van der Waals surface area (Å²) >= 11 is 0. The Balaban J connectivity index is 1.53. The van der Waals surface area contributed by atoms with Gasteiger partial charge >= 0.3 is 0 Å². The van der Waals surface area contributed by atoms with Crippen molar-refractivity contribution in [2.75, 3.05) is 0 Å². The Morgan fingerprint density at radius 2 is 1.93 bits per heavy atom. The molecule has 0 aliphatic heterocycles. The van der Waals surface area contributed by atoms with Gasteiger partial charge < -0.3 is 13.8 Å². The zero-order valence-electron chi connectivity index (χ0n) is 16.9. The van der Waals surface area contributed by atoms with Crippen LogP contribution in [0.4, 0.5) is 0 Å². The Labute approximate surface area is 173 Å². The normalized spacial score (nSPS) is 11.9. The smallest absolute Gasteiger partial charge is 0.187 e. The maximum absolute atomic E-state index is 13.0. The van der Waals surface area contributed by atoms with Crippen molar-refractivity contribution >= 4 is 16.8 Å². The van der Waals surface area contributed by atoms with Gasteiger partial charge in [0.25, 0.3) is 0 Å². The maximum atomic E-state index is 13.0. The summed E-state index contributed by atoms with van der Waals surface area (Å²) in [5, 5.41) is 13.6. The van der Waals surface area contributed by atoms with E-state index < -0.39 is 5.92 Å². The van der Waals surface area contributed by atoms with Crippen LogP contribution in [0.2, 0.25) is 0 Å². The molecule has 0 amide bonds. The van der Waals surface area contributed by atoms with Crippen LogP contribution < -0.4 is 4.74 Å². The number of ketones is 1. The van der Waals surface area contributed by atoms with E-state index in [0.29, 0.717) is 23.7 Å². The molecule has 0 fully saturated rings. The van der Waals surface area contributed by atoms with E-state index in [9.17, 15) is 10.1 Å². The van der Waals surface area contributed by atoms with Gasteiger partial charge in [-0.05, 0) is 50.2 Å². The van der Waals surface area contributed by atoms with Crippen molar-refractivity contribution in [1.29, 1.82) is 5.26 Å². The molecular formula is C23H20N4O3. The second-order valence-electron chi connectivity index (χ2n) is 7.06. The number of hydrogen-bond acceptors (Lipinski definition) is 6. The highest BCUT2D eigenvalue weighted by molar-refractivity contribution is 6.02. The average Bonchev–Trinajstić information content (AvgIpc) is 3.26. The lowest BCUT2D eigenvalue weighted by molar-refractivity contribution is 0.0975. The first kappa shape index (κ1) is 19.4. The van der Waals surface area contributed by atoms with Crippen LogP contribution in [0.5, 0.6) is 5.75 Å². The number of Topliss-reactive ketones (excluding diaryl/α,β-unsaturated/α-hetero) is 1. The molecule has 0 saturated heterocycles. The summed E-state index contributed by atoms with van der Waals surface area (Å²) in [4.78, 5) is 17.5. The van der Waals surface area contributed by atoms with Crippen LogP contribution in [0.15, 0.2) is 53.1 Å². The summed E-state index contributed by atoms with van der Waals surface area (Å²) < 4.78 is 12.7. The van der Waals surface area contributed by atoms with E-state index in [2.05, 4.69) is 16.2 Å². The van der Waals surface area contributed by atoms with Crippen LogP contribution >= 0.6 is 0 Å². The molecule has 0 radical (unpaired) electrons.